The molecule has 15 heavy (non-hydrogen) atoms. The van der Waals surface area contributed by atoms with Crippen molar-refractivity contribution in [3.8, 4) is 0 Å². The molecule has 1 N–H and O–H groups in total. The maximum absolute atomic E-state index is 3.72. The van der Waals surface area contributed by atoms with Crippen molar-refractivity contribution in [3.05, 3.63) is 0 Å². The van der Waals surface area contributed by atoms with Crippen molar-refractivity contribution in [2.45, 2.75) is 64.8 Å². The van der Waals surface area contributed by atoms with Crippen LogP contribution in [0.4, 0.5) is 0 Å². The molecule has 88 valence electrons. The molecule has 2 aliphatic rings. The lowest BCUT2D eigenvalue weighted by atomic mass is 9.89. The standard InChI is InChI=1S/C14H27N/c1-11(2)6-7-12-4-3-5-13(12)10-15-14-8-9-14/h11-15H,3-10H2,1-2H3. The van der Waals surface area contributed by atoms with E-state index in [2.05, 4.69) is 19.2 Å². The number of hydrogen-bond acceptors (Lipinski definition) is 1. The number of nitrogens with one attached hydrogen (secondary N) is 1. The predicted octanol–water partition coefficient (Wildman–Crippen LogP) is 3.59. The van der Waals surface area contributed by atoms with E-state index in [1.165, 1.54) is 51.5 Å². The first-order valence-electron chi connectivity index (χ1n) is 6.99. The monoisotopic (exact) mass is 209 g/mol. The molecule has 2 rings (SSSR count). The van der Waals surface area contributed by atoms with Crippen molar-refractivity contribution in [3.63, 3.8) is 0 Å². The summed E-state index contributed by atoms with van der Waals surface area (Å²) in [7, 11) is 0. The molecular weight excluding hydrogens is 182 g/mol. The minimum atomic E-state index is 0.891. The van der Waals surface area contributed by atoms with E-state index in [1.807, 2.05) is 0 Å². The number of rotatable bonds is 6. The molecule has 0 aromatic carbocycles. The van der Waals surface area contributed by atoms with Gasteiger partial charge in [-0.05, 0) is 50.0 Å². The first kappa shape index (κ1) is 11.4. The highest BCUT2D eigenvalue weighted by molar-refractivity contribution is 4.85. The molecule has 0 bridgehead atoms. The topological polar surface area (TPSA) is 12.0 Å². The van der Waals surface area contributed by atoms with Crippen molar-refractivity contribution < 1.29 is 0 Å². The zero-order chi connectivity index (χ0) is 10.7. The van der Waals surface area contributed by atoms with Crippen molar-refractivity contribution in [2.24, 2.45) is 17.8 Å². The van der Waals surface area contributed by atoms with Crippen LogP contribution in [-0.2, 0) is 0 Å². The highest BCUT2D eigenvalue weighted by Crippen LogP contribution is 2.35. The molecule has 0 heterocycles. The molecule has 0 aromatic rings. The van der Waals surface area contributed by atoms with E-state index in [0.29, 0.717) is 0 Å². The van der Waals surface area contributed by atoms with Gasteiger partial charge in [-0.2, -0.15) is 0 Å². The Morgan fingerprint density at radius 3 is 2.47 bits per heavy atom. The van der Waals surface area contributed by atoms with Crippen LogP contribution in [0.2, 0.25) is 0 Å². The van der Waals surface area contributed by atoms with Gasteiger partial charge in [-0.3, -0.25) is 0 Å². The van der Waals surface area contributed by atoms with Gasteiger partial charge in [-0.1, -0.05) is 33.1 Å². The molecule has 0 aromatic heterocycles. The SMILES string of the molecule is CC(C)CCC1CCCC1CNC1CC1. The molecule has 1 heteroatoms. The fourth-order valence-electron chi connectivity index (χ4n) is 2.92. The molecule has 2 unspecified atom stereocenters. The van der Waals surface area contributed by atoms with Gasteiger partial charge in [-0.15, -0.1) is 0 Å². The zero-order valence-electron chi connectivity index (χ0n) is 10.5. The van der Waals surface area contributed by atoms with E-state index in [-0.39, 0.29) is 0 Å². The summed E-state index contributed by atoms with van der Waals surface area (Å²) in [5.41, 5.74) is 0. The second-order valence-electron chi connectivity index (χ2n) is 6.10. The van der Waals surface area contributed by atoms with E-state index in [9.17, 15) is 0 Å². The first-order valence-corrected chi connectivity index (χ1v) is 6.99. The molecule has 2 atom stereocenters. The first-order chi connectivity index (χ1) is 7.25. The molecule has 2 saturated carbocycles. The highest BCUT2D eigenvalue weighted by Gasteiger charge is 2.29. The van der Waals surface area contributed by atoms with Crippen LogP contribution in [0.5, 0.6) is 0 Å². The van der Waals surface area contributed by atoms with Crippen molar-refractivity contribution in [2.75, 3.05) is 6.54 Å². The van der Waals surface area contributed by atoms with Crippen LogP contribution in [0, 0.1) is 17.8 Å². The summed E-state index contributed by atoms with van der Waals surface area (Å²) >= 11 is 0. The minimum absolute atomic E-state index is 0.891. The van der Waals surface area contributed by atoms with Gasteiger partial charge in [0, 0.05) is 6.04 Å². The lowest BCUT2D eigenvalue weighted by Gasteiger charge is -2.20. The Labute approximate surface area is 95.0 Å². The summed E-state index contributed by atoms with van der Waals surface area (Å²) in [5, 5.41) is 3.72. The maximum Gasteiger partial charge on any atom is 0.00683 e. The van der Waals surface area contributed by atoms with Crippen LogP contribution in [0.25, 0.3) is 0 Å². The van der Waals surface area contributed by atoms with Gasteiger partial charge < -0.3 is 5.32 Å². The quantitative estimate of drug-likeness (QED) is 0.705. The Hall–Kier alpha value is -0.0400. The molecule has 0 saturated heterocycles. The fraction of sp³-hybridized carbons (Fsp3) is 1.00. The second kappa shape index (κ2) is 5.34. The lowest BCUT2D eigenvalue weighted by Crippen LogP contribution is -2.27. The zero-order valence-corrected chi connectivity index (χ0v) is 10.5. The van der Waals surface area contributed by atoms with Crippen LogP contribution < -0.4 is 5.32 Å². The largest absolute Gasteiger partial charge is 0.314 e. The molecular formula is C14H27N. The van der Waals surface area contributed by atoms with E-state index < -0.39 is 0 Å². The summed E-state index contributed by atoms with van der Waals surface area (Å²) in [4.78, 5) is 0. The van der Waals surface area contributed by atoms with Crippen molar-refractivity contribution in [1.29, 1.82) is 0 Å². The predicted molar refractivity (Wildman–Crippen MR) is 65.9 cm³/mol. The Morgan fingerprint density at radius 1 is 1.07 bits per heavy atom. The highest BCUT2D eigenvalue weighted by atomic mass is 14.9. The number of hydrogen-bond donors (Lipinski definition) is 1. The van der Waals surface area contributed by atoms with E-state index in [1.54, 1.807) is 0 Å². The average molecular weight is 209 g/mol. The third kappa shape index (κ3) is 3.79. The van der Waals surface area contributed by atoms with Crippen LogP contribution in [0.3, 0.4) is 0 Å². The summed E-state index contributed by atoms with van der Waals surface area (Å²) in [6, 6.07) is 0.899. The molecule has 1 nitrogen and oxygen atoms in total. The Balaban J connectivity index is 1.66. The van der Waals surface area contributed by atoms with Gasteiger partial charge in [0.1, 0.15) is 0 Å². The van der Waals surface area contributed by atoms with E-state index >= 15 is 0 Å². The van der Waals surface area contributed by atoms with Crippen molar-refractivity contribution >= 4 is 0 Å². The summed E-state index contributed by atoms with van der Waals surface area (Å²) in [6.45, 7) is 6.02. The van der Waals surface area contributed by atoms with Crippen LogP contribution in [0.1, 0.15) is 58.8 Å². The minimum Gasteiger partial charge on any atom is -0.314 e. The van der Waals surface area contributed by atoms with Crippen LogP contribution >= 0.6 is 0 Å². The van der Waals surface area contributed by atoms with E-state index in [4.69, 9.17) is 0 Å². The Morgan fingerprint density at radius 2 is 1.80 bits per heavy atom. The third-order valence-corrected chi connectivity index (χ3v) is 4.18. The maximum atomic E-state index is 3.72. The third-order valence-electron chi connectivity index (χ3n) is 4.18. The summed E-state index contributed by atoms with van der Waals surface area (Å²) in [6.07, 6.45) is 10.3. The van der Waals surface area contributed by atoms with Gasteiger partial charge in [0.05, 0.1) is 0 Å². The smallest absolute Gasteiger partial charge is 0.00683 e. The van der Waals surface area contributed by atoms with E-state index in [0.717, 1.165) is 23.8 Å². The molecule has 0 aliphatic heterocycles. The fourth-order valence-corrected chi connectivity index (χ4v) is 2.92. The average Bonchev–Trinajstić information content (AvgIpc) is 2.92. The Bertz CT molecular complexity index is 172. The Kier molecular flexibility index (Phi) is 4.07. The van der Waals surface area contributed by atoms with Crippen LogP contribution in [-0.4, -0.2) is 12.6 Å². The molecule has 0 amide bonds. The second-order valence-corrected chi connectivity index (χ2v) is 6.10. The van der Waals surface area contributed by atoms with Gasteiger partial charge in [0.25, 0.3) is 0 Å². The van der Waals surface area contributed by atoms with Gasteiger partial charge >= 0.3 is 0 Å². The molecule has 2 fully saturated rings. The van der Waals surface area contributed by atoms with Gasteiger partial charge in [0.15, 0.2) is 0 Å². The summed E-state index contributed by atoms with van der Waals surface area (Å²) < 4.78 is 0. The molecule has 2 aliphatic carbocycles. The van der Waals surface area contributed by atoms with Gasteiger partial charge in [0.2, 0.25) is 0 Å². The normalized spacial score (nSPS) is 31.4. The lowest BCUT2D eigenvalue weighted by molar-refractivity contribution is 0.324. The summed E-state index contributed by atoms with van der Waals surface area (Å²) in [5.74, 6) is 2.94. The molecule has 0 radical (unpaired) electrons. The van der Waals surface area contributed by atoms with Gasteiger partial charge in [-0.25, -0.2) is 0 Å². The van der Waals surface area contributed by atoms with Crippen LogP contribution in [0.15, 0.2) is 0 Å². The van der Waals surface area contributed by atoms with Crippen molar-refractivity contribution in [1.82, 2.24) is 5.32 Å². The molecule has 0 spiro atoms.